The molecule has 0 saturated carbocycles. The standard InChI is InChI=1S/C12H18N2/c1-9-4-3-5-12-11(9)6-7-14(12)8-10(2)13/h3-5,10H,6-8,13H2,1-2H3. The molecule has 0 aromatic heterocycles. The van der Waals surface area contributed by atoms with Crippen LogP contribution in [0.1, 0.15) is 18.1 Å². The van der Waals surface area contributed by atoms with Gasteiger partial charge < -0.3 is 10.6 Å². The molecule has 1 heterocycles. The van der Waals surface area contributed by atoms with Crippen molar-refractivity contribution in [3.05, 3.63) is 29.3 Å². The molecule has 0 bridgehead atoms. The predicted molar refractivity (Wildman–Crippen MR) is 60.7 cm³/mol. The molecule has 2 rings (SSSR count). The maximum Gasteiger partial charge on any atom is 0.0402 e. The van der Waals surface area contributed by atoms with Crippen LogP contribution in [-0.2, 0) is 6.42 Å². The molecule has 2 N–H and O–H groups in total. The fourth-order valence-electron chi connectivity index (χ4n) is 2.21. The Morgan fingerprint density at radius 2 is 2.29 bits per heavy atom. The first kappa shape index (κ1) is 9.53. The van der Waals surface area contributed by atoms with Crippen LogP contribution in [0.4, 0.5) is 5.69 Å². The summed E-state index contributed by atoms with van der Waals surface area (Å²) in [5.41, 5.74) is 10.1. The van der Waals surface area contributed by atoms with E-state index in [1.807, 2.05) is 0 Å². The summed E-state index contributed by atoms with van der Waals surface area (Å²) in [6.45, 7) is 6.35. The van der Waals surface area contributed by atoms with Crippen LogP contribution in [0, 0.1) is 6.92 Å². The Morgan fingerprint density at radius 1 is 1.50 bits per heavy atom. The fourth-order valence-corrected chi connectivity index (χ4v) is 2.21. The highest BCUT2D eigenvalue weighted by atomic mass is 15.2. The van der Waals surface area contributed by atoms with E-state index in [1.54, 1.807) is 0 Å². The number of rotatable bonds is 2. The van der Waals surface area contributed by atoms with E-state index in [1.165, 1.54) is 23.2 Å². The lowest BCUT2D eigenvalue weighted by Crippen LogP contribution is -2.34. The summed E-state index contributed by atoms with van der Waals surface area (Å²) in [7, 11) is 0. The quantitative estimate of drug-likeness (QED) is 0.769. The monoisotopic (exact) mass is 190 g/mol. The molecule has 1 aromatic carbocycles. The third-order valence-corrected chi connectivity index (χ3v) is 2.87. The highest BCUT2D eigenvalue weighted by Crippen LogP contribution is 2.29. The van der Waals surface area contributed by atoms with Crippen LogP contribution in [0.25, 0.3) is 0 Å². The lowest BCUT2D eigenvalue weighted by Gasteiger charge is -2.21. The van der Waals surface area contributed by atoms with Gasteiger partial charge in [0.05, 0.1) is 0 Å². The van der Waals surface area contributed by atoms with Gasteiger partial charge in [-0.3, -0.25) is 0 Å². The van der Waals surface area contributed by atoms with E-state index < -0.39 is 0 Å². The Kier molecular flexibility index (Phi) is 2.46. The highest BCUT2D eigenvalue weighted by Gasteiger charge is 2.20. The van der Waals surface area contributed by atoms with Crippen molar-refractivity contribution >= 4 is 5.69 Å². The van der Waals surface area contributed by atoms with Crippen molar-refractivity contribution in [2.45, 2.75) is 26.3 Å². The van der Waals surface area contributed by atoms with E-state index in [-0.39, 0.29) is 6.04 Å². The zero-order valence-corrected chi connectivity index (χ0v) is 8.96. The number of hydrogen-bond acceptors (Lipinski definition) is 2. The number of benzene rings is 1. The van der Waals surface area contributed by atoms with E-state index in [2.05, 4.69) is 36.9 Å². The predicted octanol–water partition coefficient (Wildman–Crippen LogP) is 1.70. The van der Waals surface area contributed by atoms with Crippen LogP contribution >= 0.6 is 0 Å². The van der Waals surface area contributed by atoms with Crippen molar-refractivity contribution in [1.82, 2.24) is 0 Å². The molecule has 1 aliphatic heterocycles. The molecule has 1 unspecified atom stereocenters. The van der Waals surface area contributed by atoms with Crippen LogP contribution in [0.5, 0.6) is 0 Å². The number of hydrogen-bond donors (Lipinski definition) is 1. The molecule has 1 atom stereocenters. The molecule has 1 aliphatic rings. The maximum absolute atomic E-state index is 5.83. The van der Waals surface area contributed by atoms with Gasteiger partial charge >= 0.3 is 0 Å². The van der Waals surface area contributed by atoms with Gasteiger partial charge in [-0.15, -0.1) is 0 Å². The van der Waals surface area contributed by atoms with Gasteiger partial charge in [0, 0.05) is 24.8 Å². The SMILES string of the molecule is Cc1cccc2c1CCN2CC(C)N. The second-order valence-electron chi connectivity index (χ2n) is 4.25. The van der Waals surface area contributed by atoms with Crippen molar-refractivity contribution in [2.75, 3.05) is 18.0 Å². The van der Waals surface area contributed by atoms with Gasteiger partial charge in [-0.25, -0.2) is 0 Å². The fraction of sp³-hybridized carbons (Fsp3) is 0.500. The molecule has 2 nitrogen and oxygen atoms in total. The summed E-state index contributed by atoms with van der Waals surface area (Å²) in [5, 5.41) is 0. The Labute approximate surface area is 85.7 Å². The van der Waals surface area contributed by atoms with Gasteiger partial charge in [0.1, 0.15) is 0 Å². The van der Waals surface area contributed by atoms with Crippen molar-refractivity contribution in [1.29, 1.82) is 0 Å². The Morgan fingerprint density at radius 3 is 3.00 bits per heavy atom. The molecule has 76 valence electrons. The van der Waals surface area contributed by atoms with E-state index in [9.17, 15) is 0 Å². The normalized spacial score (nSPS) is 16.9. The third kappa shape index (κ3) is 1.62. The van der Waals surface area contributed by atoms with Crippen molar-refractivity contribution in [3.8, 4) is 0 Å². The molecule has 2 heteroatoms. The van der Waals surface area contributed by atoms with Crippen LogP contribution in [0.3, 0.4) is 0 Å². The number of fused-ring (bicyclic) bond motifs is 1. The summed E-state index contributed by atoms with van der Waals surface area (Å²) in [4.78, 5) is 2.40. The molecular weight excluding hydrogens is 172 g/mol. The molecule has 0 fully saturated rings. The molecule has 0 saturated heterocycles. The minimum absolute atomic E-state index is 0.251. The topological polar surface area (TPSA) is 29.3 Å². The molecule has 0 spiro atoms. The van der Waals surface area contributed by atoms with Crippen LogP contribution in [0.15, 0.2) is 18.2 Å². The molecule has 14 heavy (non-hydrogen) atoms. The zero-order valence-electron chi connectivity index (χ0n) is 8.96. The summed E-state index contributed by atoms with van der Waals surface area (Å²) in [6.07, 6.45) is 1.18. The molecular formula is C12H18N2. The summed E-state index contributed by atoms with van der Waals surface area (Å²) in [6, 6.07) is 6.78. The molecule has 0 radical (unpaired) electrons. The smallest absolute Gasteiger partial charge is 0.0402 e. The zero-order chi connectivity index (χ0) is 10.1. The number of aryl methyl sites for hydroxylation is 1. The van der Waals surface area contributed by atoms with E-state index in [0.717, 1.165) is 13.1 Å². The minimum Gasteiger partial charge on any atom is -0.369 e. The van der Waals surface area contributed by atoms with E-state index in [4.69, 9.17) is 5.73 Å². The van der Waals surface area contributed by atoms with Crippen molar-refractivity contribution < 1.29 is 0 Å². The van der Waals surface area contributed by atoms with Crippen molar-refractivity contribution in [2.24, 2.45) is 5.73 Å². The minimum atomic E-state index is 0.251. The van der Waals surface area contributed by atoms with Crippen molar-refractivity contribution in [3.63, 3.8) is 0 Å². The van der Waals surface area contributed by atoms with Gasteiger partial charge in [0.15, 0.2) is 0 Å². The van der Waals surface area contributed by atoms with Gasteiger partial charge in [0.25, 0.3) is 0 Å². The number of anilines is 1. The van der Waals surface area contributed by atoms with Crippen LogP contribution < -0.4 is 10.6 Å². The third-order valence-electron chi connectivity index (χ3n) is 2.87. The Bertz CT molecular complexity index is 331. The van der Waals surface area contributed by atoms with Crippen LogP contribution in [-0.4, -0.2) is 19.1 Å². The summed E-state index contributed by atoms with van der Waals surface area (Å²) < 4.78 is 0. The van der Waals surface area contributed by atoms with Gasteiger partial charge in [-0.05, 0) is 37.5 Å². The summed E-state index contributed by atoms with van der Waals surface area (Å²) >= 11 is 0. The first-order valence-corrected chi connectivity index (χ1v) is 5.27. The van der Waals surface area contributed by atoms with Gasteiger partial charge in [0.2, 0.25) is 0 Å². The lowest BCUT2D eigenvalue weighted by atomic mass is 10.1. The molecule has 1 aromatic rings. The summed E-state index contributed by atoms with van der Waals surface area (Å²) in [5.74, 6) is 0. The number of nitrogens with zero attached hydrogens (tertiary/aromatic N) is 1. The highest BCUT2D eigenvalue weighted by molar-refractivity contribution is 5.60. The molecule has 0 amide bonds. The van der Waals surface area contributed by atoms with E-state index >= 15 is 0 Å². The van der Waals surface area contributed by atoms with Crippen LogP contribution in [0.2, 0.25) is 0 Å². The lowest BCUT2D eigenvalue weighted by molar-refractivity contribution is 0.693. The molecule has 0 aliphatic carbocycles. The Balaban J connectivity index is 2.26. The number of nitrogens with two attached hydrogens (primary N) is 1. The maximum atomic E-state index is 5.83. The first-order chi connectivity index (χ1) is 6.68. The second-order valence-corrected chi connectivity index (χ2v) is 4.25. The van der Waals surface area contributed by atoms with Gasteiger partial charge in [-0.1, -0.05) is 12.1 Å². The largest absolute Gasteiger partial charge is 0.369 e. The average molecular weight is 190 g/mol. The first-order valence-electron chi connectivity index (χ1n) is 5.27. The van der Waals surface area contributed by atoms with Gasteiger partial charge in [-0.2, -0.15) is 0 Å². The average Bonchev–Trinajstić information content (AvgIpc) is 2.49. The second kappa shape index (κ2) is 3.62. The van der Waals surface area contributed by atoms with E-state index in [0.29, 0.717) is 0 Å². The Hall–Kier alpha value is -1.02.